The third-order valence-corrected chi connectivity index (χ3v) is 6.01. The molecule has 5 rings (SSSR count). The van der Waals surface area contributed by atoms with Crippen LogP contribution >= 0.6 is 0 Å². The number of carbonyl (C=O) groups excluding carboxylic acids is 1. The molecule has 27 heavy (non-hydrogen) atoms. The van der Waals surface area contributed by atoms with Gasteiger partial charge in [0.15, 0.2) is 11.5 Å². The van der Waals surface area contributed by atoms with Crippen LogP contribution in [-0.4, -0.2) is 39.4 Å². The van der Waals surface area contributed by atoms with Gasteiger partial charge in [-0.25, -0.2) is 9.97 Å². The zero-order valence-corrected chi connectivity index (χ0v) is 15.5. The Hall–Kier alpha value is -2.63. The summed E-state index contributed by atoms with van der Waals surface area (Å²) in [5.74, 6) is 1.19. The molecular formula is C21H25N5O. The summed E-state index contributed by atoms with van der Waals surface area (Å²) in [6.07, 6.45) is 10.5. The lowest BCUT2D eigenvalue weighted by atomic mass is 9.96. The van der Waals surface area contributed by atoms with Gasteiger partial charge >= 0.3 is 0 Å². The van der Waals surface area contributed by atoms with Crippen molar-refractivity contribution in [1.29, 1.82) is 0 Å². The second-order valence-electron chi connectivity index (χ2n) is 7.82. The number of aromatic nitrogens is 3. The average molecular weight is 363 g/mol. The molecule has 1 atom stereocenters. The van der Waals surface area contributed by atoms with Gasteiger partial charge in [0.1, 0.15) is 0 Å². The molecule has 1 amide bonds. The number of hydrogen-bond donors (Lipinski definition) is 1. The minimum Gasteiger partial charge on any atom is -0.354 e. The number of nitrogens with one attached hydrogen (secondary N) is 1. The summed E-state index contributed by atoms with van der Waals surface area (Å²) in [5.41, 5.74) is 2.83. The monoisotopic (exact) mass is 363 g/mol. The van der Waals surface area contributed by atoms with Gasteiger partial charge < -0.3 is 14.6 Å². The van der Waals surface area contributed by atoms with Crippen molar-refractivity contribution in [3.05, 3.63) is 36.7 Å². The first-order chi connectivity index (χ1) is 13.3. The van der Waals surface area contributed by atoms with E-state index in [1.54, 1.807) is 6.20 Å². The van der Waals surface area contributed by atoms with Crippen molar-refractivity contribution in [2.75, 3.05) is 18.0 Å². The van der Waals surface area contributed by atoms with E-state index in [1.807, 2.05) is 18.2 Å². The highest BCUT2D eigenvalue weighted by Crippen LogP contribution is 2.29. The Kier molecular flexibility index (Phi) is 4.19. The Morgan fingerprint density at radius 2 is 1.93 bits per heavy atom. The van der Waals surface area contributed by atoms with Crippen LogP contribution in [0, 0.1) is 5.92 Å². The predicted molar refractivity (Wildman–Crippen MR) is 106 cm³/mol. The lowest BCUT2D eigenvalue weighted by Crippen LogP contribution is -2.45. The summed E-state index contributed by atoms with van der Waals surface area (Å²) in [7, 11) is 0. The maximum absolute atomic E-state index is 12.8. The Balaban J connectivity index is 1.43. The van der Waals surface area contributed by atoms with Gasteiger partial charge in [-0.05, 0) is 49.9 Å². The molecule has 1 aliphatic heterocycles. The fraction of sp³-hybridized carbons (Fsp3) is 0.476. The molecule has 140 valence electrons. The largest absolute Gasteiger partial charge is 0.354 e. The zero-order chi connectivity index (χ0) is 18.2. The van der Waals surface area contributed by atoms with Crippen LogP contribution in [0.1, 0.15) is 38.5 Å². The molecule has 3 aromatic rings. The predicted octanol–water partition coefficient (Wildman–Crippen LogP) is 3.16. The van der Waals surface area contributed by atoms with E-state index in [1.165, 1.54) is 12.8 Å². The molecule has 1 saturated carbocycles. The third kappa shape index (κ3) is 3.03. The molecule has 1 aliphatic carbocycles. The number of nitrogens with zero attached hydrogens (tertiary/aromatic N) is 4. The first kappa shape index (κ1) is 16.5. The summed E-state index contributed by atoms with van der Waals surface area (Å²) in [5, 5.41) is 3.28. The van der Waals surface area contributed by atoms with Crippen molar-refractivity contribution in [3.8, 4) is 0 Å². The Bertz CT molecular complexity index is 975. The Morgan fingerprint density at radius 1 is 1.07 bits per heavy atom. The van der Waals surface area contributed by atoms with Gasteiger partial charge in [-0.3, -0.25) is 4.79 Å². The summed E-state index contributed by atoms with van der Waals surface area (Å²) >= 11 is 0. The Morgan fingerprint density at radius 3 is 2.81 bits per heavy atom. The van der Waals surface area contributed by atoms with Gasteiger partial charge in [0.05, 0.1) is 17.0 Å². The number of piperidine rings is 1. The standard InChI is InChI=1S/C21H25N5O/c27-21(23-16-7-1-2-8-16)15-6-4-12-25(14-15)20-18-10-5-13-26(18)17-9-3-11-22-19(17)24-20/h3,5,9-11,13,15-16H,1-2,4,6-8,12,14H2,(H,23,27). The molecule has 4 heterocycles. The molecule has 0 radical (unpaired) electrons. The number of rotatable bonds is 3. The summed E-state index contributed by atoms with van der Waals surface area (Å²) in [4.78, 5) is 24.4. The highest BCUT2D eigenvalue weighted by molar-refractivity contribution is 5.84. The van der Waals surface area contributed by atoms with Crippen molar-refractivity contribution in [2.45, 2.75) is 44.6 Å². The van der Waals surface area contributed by atoms with E-state index in [0.717, 1.165) is 61.3 Å². The van der Waals surface area contributed by atoms with E-state index < -0.39 is 0 Å². The molecule has 1 saturated heterocycles. The second kappa shape index (κ2) is 6.83. The second-order valence-corrected chi connectivity index (χ2v) is 7.82. The number of fused-ring (bicyclic) bond motifs is 3. The summed E-state index contributed by atoms with van der Waals surface area (Å²) in [6.45, 7) is 1.66. The van der Waals surface area contributed by atoms with Crippen molar-refractivity contribution in [2.24, 2.45) is 5.92 Å². The fourth-order valence-corrected chi connectivity index (χ4v) is 4.60. The van der Waals surface area contributed by atoms with Crippen molar-refractivity contribution in [3.63, 3.8) is 0 Å². The average Bonchev–Trinajstić information content (AvgIpc) is 3.39. The number of anilines is 1. The van der Waals surface area contributed by atoms with E-state index in [-0.39, 0.29) is 11.8 Å². The maximum Gasteiger partial charge on any atom is 0.225 e. The van der Waals surface area contributed by atoms with Crippen LogP contribution in [0.2, 0.25) is 0 Å². The quantitative estimate of drug-likeness (QED) is 0.776. The van der Waals surface area contributed by atoms with E-state index >= 15 is 0 Å². The molecule has 0 bridgehead atoms. The summed E-state index contributed by atoms with van der Waals surface area (Å²) in [6, 6.07) is 8.50. The number of carbonyl (C=O) groups is 1. The van der Waals surface area contributed by atoms with Gasteiger partial charge in [-0.15, -0.1) is 0 Å². The van der Waals surface area contributed by atoms with Crippen LogP contribution in [0.4, 0.5) is 5.82 Å². The van der Waals surface area contributed by atoms with Crippen LogP contribution in [0.15, 0.2) is 36.7 Å². The van der Waals surface area contributed by atoms with Gasteiger partial charge in [0.2, 0.25) is 5.91 Å². The highest BCUT2D eigenvalue weighted by atomic mass is 16.2. The highest BCUT2D eigenvalue weighted by Gasteiger charge is 2.29. The van der Waals surface area contributed by atoms with Gasteiger partial charge in [0, 0.05) is 31.5 Å². The van der Waals surface area contributed by atoms with Crippen LogP contribution < -0.4 is 10.2 Å². The minimum atomic E-state index is 0.0376. The molecule has 6 nitrogen and oxygen atoms in total. The topological polar surface area (TPSA) is 62.5 Å². The van der Waals surface area contributed by atoms with E-state index in [4.69, 9.17) is 4.98 Å². The number of amides is 1. The van der Waals surface area contributed by atoms with Gasteiger partial charge in [0.25, 0.3) is 0 Å². The van der Waals surface area contributed by atoms with Gasteiger partial charge in [-0.2, -0.15) is 0 Å². The minimum absolute atomic E-state index is 0.0376. The van der Waals surface area contributed by atoms with Crippen LogP contribution in [0.3, 0.4) is 0 Å². The molecule has 0 spiro atoms. The van der Waals surface area contributed by atoms with Crippen molar-refractivity contribution < 1.29 is 4.79 Å². The molecule has 1 unspecified atom stereocenters. The van der Waals surface area contributed by atoms with E-state index in [9.17, 15) is 4.79 Å². The van der Waals surface area contributed by atoms with Crippen molar-refractivity contribution in [1.82, 2.24) is 19.7 Å². The van der Waals surface area contributed by atoms with Crippen LogP contribution in [0.5, 0.6) is 0 Å². The molecule has 0 aromatic carbocycles. The van der Waals surface area contributed by atoms with Crippen LogP contribution in [0.25, 0.3) is 16.7 Å². The van der Waals surface area contributed by atoms with Gasteiger partial charge in [-0.1, -0.05) is 12.8 Å². The lowest BCUT2D eigenvalue weighted by molar-refractivity contribution is -0.125. The molecule has 1 N–H and O–H groups in total. The first-order valence-electron chi connectivity index (χ1n) is 10.1. The Labute approximate surface area is 158 Å². The first-order valence-corrected chi connectivity index (χ1v) is 10.1. The molecule has 2 fully saturated rings. The molecular weight excluding hydrogens is 338 g/mol. The smallest absolute Gasteiger partial charge is 0.225 e. The molecule has 2 aliphatic rings. The van der Waals surface area contributed by atoms with E-state index in [2.05, 4.69) is 31.9 Å². The lowest BCUT2D eigenvalue weighted by Gasteiger charge is -2.33. The van der Waals surface area contributed by atoms with Crippen LogP contribution in [-0.2, 0) is 4.79 Å². The fourth-order valence-electron chi connectivity index (χ4n) is 4.60. The van der Waals surface area contributed by atoms with Crippen molar-refractivity contribution >= 4 is 28.4 Å². The SMILES string of the molecule is O=C(NC1CCCC1)C1CCCN(c2nc3ncccc3n3cccc23)C1. The molecule has 6 heteroatoms. The normalized spacial score (nSPS) is 21.2. The number of pyridine rings is 1. The van der Waals surface area contributed by atoms with E-state index in [0.29, 0.717) is 6.04 Å². The number of hydrogen-bond acceptors (Lipinski definition) is 4. The third-order valence-electron chi connectivity index (χ3n) is 6.01. The zero-order valence-electron chi connectivity index (χ0n) is 15.5. The summed E-state index contributed by atoms with van der Waals surface area (Å²) < 4.78 is 2.15. The maximum atomic E-state index is 12.8. The molecule has 3 aromatic heterocycles.